The van der Waals surface area contributed by atoms with Crippen LogP contribution in [0, 0.1) is 17.3 Å². The van der Waals surface area contributed by atoms with Crippen LogP contribution in [0.25, 0.3) is 0 Å². The zero-order chi connectivity index (χ0) is 32.5. The molecule has 242 valence electrons. The number of carbonyl (C=O) groups is 3. The first-order valence-corrected chi connectivity index (χ1v) is 16.1. The number of benzene rings is 1. The molecule has 8 heteroatoms. The summed E-state index contributed by atoms with van der Waals surface area (Å²) in [6.07, 6.45) is 7.60. The number of amides is 2. The van der Waals surface area contributed by atoms with Crippen molar-refractivity contribution in [3.63, 3.8) is 0 Å². The molecule has 44 heavy (non-hydrogen) atoms. The molecule has 2 amide bonds. The number of likely N-dealkylation sites (tertiary alicyclic amines) is 1. The number of carbonyl (C=O) groups excluding carboxylic acids is 3. The van der Waals surface area contributed by atoms with Crippen molar-refractivity contribution in [2.24, 2.45) is 17.3 Å². The number of aliphatic hydroxyl groups is 1. The van der Waals surface area contributed by atoms with Crippen LogP contribution in [0.5, 0.6) is 0 Å². The summed E-state index contributed by atoms with van der Waals surface area (Å²) >= 11 is 0. The third-order valence-electron chi connectivity index (χ3n) is 9.71. The molecule has 0 aromatic heterocycles. The van der Waals surface area contributed by atoms with Crippen molar-refractivity contribution in [1.29, 1.82) is 0 Å². The smallest absolute Gasteiger partial charge is 0.312 e. The van der Waals surface area contributed by atoms with E-state index in [1.807, 2.05) is 57.2 Å². The number of aliphatic hydroxyl groups excluding tert-OH is 1. The van der Waals surface area contributed by atoms with Gasteiger partial charge in [0, 0.05) is 12.1 Å². The van der Waals surface area contributed by atoms with E-state index in [0.717, 1.165) is 12.8 Å². The lowest BCUT2D eigenvalue weighted by Crippen LogP contribution is -2.61. The van der Waals surface area contributed by atoms with Gasteiger partial charge < -0.3 is 24.4 Å². The SMILES string of the molecule is C=CCCCCOC(=O)[C@@H]1[C@H]2C(=O)N([C@H](CO)c3ccccc3)C(C(=O)N(CC=C)C(C)(C)CC(C)(C)C)C23CC[C@@]1(C)O3. The lowest BCUT2D eigenvalue weighted by Gasteiger charge is -2.46. The maximum Gasteiger partial charge on any atom is 0.312 e. The monoisotopic (exact) mass is 608 g/mol. The molecule has 6 atom stereocenters. The number of nitrogens with zero attached hydrogens (tertiary/aromatic N) is 2. The number of hydrogen-bond donors (Lipinski definition) is 1. The normalized spacial score (nSPS) is 28.5. The van der Waals surface area contributed by atoms with Crippen LogP contribution >= 0.6 is 0 Å². The number of unbranched alkanes of at least 4 members (excludes halogenated alkanes) is 2. The molecule has 3 aliphatic heterocycles. The molecule has 2 bridgehead atoms. The number of hydrogen-bond acceptors (Lipinski definition) is 6. The van der Waals surface area contributed by atoms with E-state index in [1.165, 1.54) is 4.90 Å². The number of ether oxygens (including phenoxy) is 2. The molecule has 3 aliphatic rings. The van der Waals surface area contributed by atoms with Crippen molar-refractivity contribution in [2.75, 3.05) is 19.8 Å². The highest BCUT2D eigenvalue weighted by atomic mass is 16.6. The van der Waals surface area contributed by atoms with E-state index in [9.17, 15) is 14.7 Å². The van der Waals surface area contributed by atoms with E-state index >= 15 is 4.79 Å². The molecular weight excluding hydrogens is 556 g/mol. The van der Waals surface area contributed by atoms with Crippen LogP contribution in [0.3, 0.4) is 0 Å². The van der Waals surface area contributed by atoms with Crippen LogP contribution in [0.1, 0.15) is 91.7 Å². The van der Waals surface area contributed by atoms with Gasteiger partial charge in [-0.1, -0.05) is 63.3 Å². The highest BCUT2D eigenvalue weighted by Gasteiger charge is 2.79. The van der Waals surface area contributed by atoms with Crippen LogP contribution in [0.2, 0.25) is 0 Å². The van der Waals surface area contributed by atoms with Gasteiger partial charge in [-0.3, -0.25) is 14.4 Å². The Labute approximate surface area is 263 Å². The standard InChI is InChI=1S/C36H52N2O6/c1-9-11-12-16-22-43-32(42)28-27-30(40)38(26(23-39)25-17-14-13-15-18-25)29(36(27)20-19-35(28,8)44-36)31(41)37(21-10-2)34(6,7)24-33(3,4)5/h9-10,13-15,17-18,26-29,39H,1-2,11-12,16,19-24H2,3-8H3/t26-,27+,28+,29?,35-,36?/m1/s1. The predicted molar refractivity (Wildman–Crippen MR) is 170 cm³/mol. The summed E-state index contributed by atoms with van der Waals surface area (Å²) < 4.78 is 12.6. The zero-order valence-corrected chi connectivity index (χ0v) is 27.5. The van der Waals surface area contributed by atoms with Crippen molar-refractivity contribution < 1.29 is 29.0 Å². The van der Waals surface area contributed by atoms with Crippen LogP contribution in [-0.2, 0) is 23.9 Å². The predicted octanol–water partition coefficient (Wildman–Crippen LogP) is 5.61. The second kappa shape index (κ2) is 12.8. The zero-order valence-electron chi connectivity index (χ0n) is 27.5. The summed E-state index contributed by atoms with van der Waals surface area (Å²) in [4.78, 5) is 46.9. The third kappa shape index (κ3) is 6.12. The van der Waals surface area contributed by atoms with Crippen molar-refractivity contribution >= 4 is 17.8 Å². The number of esters is 1. The van der Waals surface area contributed by atoms with E-state index < -0.39 is 46.6 Å². The Kier molecular flexibility index (Phi) is 9.86. The minimum Gasteiger partial charge on any atom is -0.465 e. The van der Waals surface area contributed by atoms with E-state index in [1.54, 1.807) is 11.0 Å². The molecule has 8 nitrogen and oxygen atoms in total. The summed E-state index contributed by atoms with van der Waals surface area (Å²) in [7, 11) is 0. The van der Waals surface area contributed by atoms with Gasteiger partial charge in [-0.05, 0) is 70.3 Å². The quantitative estimate of drug-likeness (QED) is 0.168. The molecule has 3 heterocycles. The van der Waals surface area contributed by atoms with Crippen LogP contribution < -0.4 is 0 Å². The first-order valence-electron chi connectivity index (χ1n) is 16.1. The Balaban J connectivity index is 1.81. The van der Waals surface area contributed by atoms with Gasteiger partial charge in [0.25, 0.3) is 0 Å². The first-order chi connectivity index (χ1) is 20.7. The maximum absolute atomic E-state index is 15.1. The van der Waals surface area contributed by atoms with Crippen molar-refractivity contribution in [2.45, 2.75) is 109 Å². The Morgan fingerprint density at radius 2 is 1.82 bits per heavy atom. The Bertz CT molecular complexity index is 1240. The highest BCUT2D eigenvalue weighted by Crippen LogP contribution is 2.64. The second-order valence-corrected chi connectivity index (χ2v) is 14.8. The summed E-state index contributed by atoms with van der Waals surface area (Å²) in [5, 5.41) is 10.8. The third-order valence-corrected chi connectivity index (χ3v) is 9.71. The Morgan fingerprint density at radius 1 is 1.14 bits per heavy atom. The lowest BCUT2D eigenvalue weighted by molar-refractivity contribution is -0.163. The van der Waals surface area contributed by atoms with Crippen LogP contribution in [0.4, 0.5) is 0 Å². The fourth-order valence-corrected chi connectivity index (χ4v) is 8.32. The van der Waals surface area contributed by atoms with E-state index in [2.05, 4.69) is 33.9 Å². The van der Waals surface area contributed by atoms with Gasteiger partial charge in [-0.25, -0.2) is 0 Å². The largest absolute Gasteiger partial charge is 0.465 e. The summed E-state index contributed by atoms with van der Waals surface area (Å²) in [6, 6.07) is 7.43. The molecule has 2 unspecified atom stereocenters. The summed E-state index contributed by atoms with van der Waals surface area (Å²) in [5.74, 6) is -2.82. The summed E-state index contributed by atoms with van der Waals surface area (Å²) in [5.41, 5.74) is -2.12. The fourth-order valence-electron chi connectivity index (χ4n) is 8.32. The molecule has 0 aliphatic carbocycles. The second-order valence-electron chi connectivity index (χ2n) is 14.8. The van der Waals surface area contributed by atoms with Gasteiger partial charge in [-0.15, -0.1) is 13.2 Å². The number of rotatable bonds is 14. The van der Waals surface area contributed by atoms with Crippen LogP contribution in [-0.4, -0.2) is 75.2 Å². The van der Waals surface area contributed by atoms with E-state index in [-0.39, 0.29) is 37.0 Å². The molecule has 1 aromatic rings. The van der Waals surface area contributed by atoms with Gasteiger partial charge in [0.1, 0.15) is 17.6 Å². The Morgan fingerprint density at radius 3 is 2.41 bits per heavy atom. The molecule has 3 saturated heterocycles. The fraction of sp³-hybridized carbons (Fsp3) is 0.639. The number of fused-ring (bicyclic) bond motifs is 1. The molecular formula is C36H52N2O6. The average molecular weight is 609 g/mol. The average Bonchev–Trinajstić information content (AvgIpc) is 3.52. The summed E-state index contributed by atoms with van der Waals surface area (Å²) in [6.45, 7) is 20.2. The minimum atomic E-state index is -1.23. The molecule has 1 aromatic carbocycles. The molecule has 1 N–H and O–H groups in total. The van der Waals surface area contributed by atoms with Gasteiger partial charge in [-0.2, -0.15) is 0 Å². The molecule has 0 saturated carbocycles. The minimum absolute atomic E-state index is 0.0802. The van der Waals surface area contributed by atoms with E-state index in [0.29, 0.717) is 31.2 Å². The Hall–Kier alpha value is -2.97. The molecule has 3 fully saturated rings. The van der Waals surface area contributed by atoms with Gasteiger partial charge in [0.2, 0.25) is 11.8 Å². The first kappa shape index (κ1) is 33.9. The van der Waals surface area contributed by atoms with Crippen molar-refractivity contribution in [1.82, 2.24) is 9.80 Å². The lowest BCUT2D eigenvalue weighted by atomic mass is 9.66. The van der Waals surface area contributed by atoms with Crippen molar-refractivity contribution in [3.05, 3.63) is 61.2 Å². The van der Waals surface area contributed by atoms with Gasteiger partial charge >= 0.3 is 5.97 Å². The van der Waals surface area contributed by atoms with Crippen LogP contribution in [0.15, 0.2) is 55.6 Å². The van der Waals surface area contributed by atoms with E-state index in [4.69, 9.17) is 9.47 Å². The molecule has 4 rings (SSSR count). The molecule has 0 radical (unpaired) electrons. The van der Waals surface area contributed by atoms with Gasteiger partial charge in [0.05, 0.1) is 30.8 Å². The maximum atomic E-state index is 15.1. The highest BCUT2D eigenvalue weighted by molar-refractivity contribution is 5.99. The topological polar surface area (TPSA) is 96.4 Å². The van der Waals surface area contributed by atoms with Gasteiger partial charge in [0.15, 0.2) is 0 Å². The number of allylic oxidation sites excluding steroid dienone is 1. The van der Waals surface area contributed by atoms with Crippen molar-refractivity contribution in [3.8, 4) is 0 Å². The molecule has 1 spiro atoms.